The molecule has 0 N–H and O–H groups in total. The number of piperazine rings is 1. The zero-order valence-corrected chi connectivity index (χ0v) is 14.7. The van der Waals surface area contributed by atoms with E-state index in [1.807, 2.05) is 17.2 Å². The molecule has 0 saturated carbocycles. The van der Waals surface area contributed by atoms with Gasteiger partial charge in [-0.05, 0) is 13.0 Å². The standard InChI is InChI=1S/C17H18N4O3S/c1-12-2-8-24-15(12)16(23)20-5-3-19(4-6-20)11-13-10-14(22)21-7-9-25-17(21)18-13/h2,7-10H,3-6,11H2,1H3. The van der Waals surface area contributed by atoms with Crippen LogP contribution in [0, 0.1) is 6.92 Å². The smallest absolute Gasteiger partial charge is 0.289 e. The quantitative estimate of drug-likeness (QED) is 0.711. The van der Waals surface area contributed by atoms with Gasteiger partial charge in [0.2, 0.25) is 0 Å². The summed E-state index contributed by atoms with van der Waals surface area (Å²) < 4.78 is 6.85. The summed E-state index contributed by atoms with van der Waals surface area (Å²) in [5.41, 5.74) is 1.58. The zero-order valence-electron chi connectivity index (χ0n) is 13.8. The lowest BCUT2D eigenvalue weighted by atomic mass is 10.2. The third kappa shape index (κ3) is 3.10. The predicted molar refractivity (Wildman–Crippen MR) is 94.0 cm³/mol. The van der Waals surface area contributed by atoms with Crippen LogP contribution in [0.4, 0.5) is 0 Å². The van der Waals surface area contributed by atoms with Crippen molar-refractivity contribution in [1.29, 1.82) is 0 Å². The average molecular weight is 358 g/mol. The normalized spacial score (nSPS) is 15.8. The molecule has 7 nitrogen and oxygen atoms in total. The van der Waals surface area contributed by atoms with E-state index in [1.54, 1.807) is 29.0 Å². The van der Waals surface area contributed by atoms with Gasteiger partial charge in [0.05, 0.1) is 12.0 Å². The molecule has 0 atom stereocenters. The summed E-state index contributed by atoms with van der Waals surface area (Å²) in [6.45, 7) is 5.26. The second kappa shape index (κ2) is 6.45. The Balaban J connectivity index is 1.41. The van der Waals surface area contributed by atoms with E-state index in [1.165, 1.54) is 11.3 Å². The Morgan fingerprint density at radius 1 is 1.32 bits per heavy atom. The number of aromatic nitrogens is 2. The van der Waals surface area contributed by atoms with Crippen LogP contribution in [0.15, 0.2) is 39.2 Å². The maximum Gasteiger partial charge on any atom is 0.289 e. The first-order chi connectivity index (χ1) is 12.1. The van der Waals surface area contributed by atoms with Gasteiger partial charge in [-0.1, -0.05) is 0 Å². The van der Waals surface area contributed by atoms with Crippen molar-refractivity contribution >= 4 is 22.2 Å². The number of amides is 1. The number of nitrogens with zero attached hydrogens (tertiary/aromatic N) is 4. The molecule has 0 aliphatic carbocycles. The van der Waals surface area contributed by atoms with Crippen molar-refractivity contribution in [3.8, 4) is 0 Å². The van der Waals surface area contributed by atoms with Crippen molar-refractivity contribution in [2.45, 2.75) is 13.5 Å². The molecule has 4 rings (SSSR count). The van der Waals surface area contributed by atoms with Gasteiger partial charge in [0.25, 0.3) is 11.5 Å². The van der Waals surface area contributed by atoms with Gasteiger partial charge in [0.15, 0.2) is 10.7 Å². The number of aryl methyl sites for hydroxylation is 1. The molecule has 1 saturated heterocycles. The highest BCUT2D eigenvalue weighted by atomic mass is 32.1. The average Bonchev–Trinajstić information content (AvgIpc) is 3.24. The van der Waals surface area contributed by atoms with Gasteiger partial charge in [0, 0.05) is 55.9 Å². The van der Waals surface area contributed by atoms with Gasteiger partial charge in [-0.25, -0.2) is 4.98 Å². The van der Waals surface area contributed by atoms with Crippen molar-refractivity contribution < 1.29 is 9.21 Å². The Labute approximate surface area is 148 Å². The summed E-state index contributed by atoms with van der Waals surface area (Å²) >= 11 is 1.45. The number of carbonyl (C=O) groups excluding carboxylic acids is 1. The molecule has 0 unspecified atom stereocenters. The largest absolute Gasteiger partial charge is 0.459 e. The fourth-order valence-corrected chi connectivity index (χ4v) is 3.78. The number of fused-ring (bicyclic) bond motifs is 1. The molecule has 0 radical (unpaired) electrons. The van der Waals surface area contributed by atoms with Gasteiger partial charge in [-0.15, -0.1) is 11.3 Å². The van der Waals surface area contributed by atoms with Crippen LogP contribution in [0.3, 0.4) is 0 Å². The monoisotopic (exact) mass is 358 g/mol. The van der Waals surface area contributed by atoms with Gasteiger partial charge < -0.3 is 9.32 Å². The number of furan rings is 1. The van der Waals surface area contributed by atoms with E-state index >= 15 is 0 Å². The van der Waals surface area contributed by atoms with Gasteiger partial charge in [-0.2, -0.15) is 0 Å². The van der Waals surface area contributed by atoms with Crippen molar-refractivity contribution in [1.82, 2.24) is 19.2 Å². The van der Waals surface area contributed by atoms with Crippen LogP contribution in [-0.2, 0) is 6.54 Å². The van der Waals surface area contributed by atoms with E-state index in [4.69, 9.17) is 4.42 Å². The first-order valence-electron chi connectivity index (χ1n) is 8.13. The van der Waals surface area contributed by atoms with Crippen LogP contribution in [-0.4, -0.2) is 51.3 Å². The Bertz CT molecular complexity index is 966. The number of rotatable bonds is 3. The van der Waals surface area contributed by atoms with Gasteiger partial charge in [0.1, 0.15) is 0 Å². The molecule has 1 aliphatic heterocycles. The molecule has 3 aromatic heterocycles. The summed E-state index contributed by atoms with van der Waals surface area (Å²) in [5, 5.41) is 1.86. The van der Waals surface area contributed by atoms with Crippen molar-refractivity contribution in [3.63, 3.8) is 0 Å². The van der Waals surface area contributed by atoms with E-state index in [-0.39, 0.29) is 11.5 Å². The fraction of sp³-hybridized carbons (Fsp3) is 0.353. The van der Waals surface area contributed by atoms with E-state index in [9.17, 15) is 9.59 Å². The first kappa shape index (κ1) is 16.0. The Morgan fingerprint density at radius 3 is 2.84 bits per heavy atom. The molecule has 0 aromatic carbocycles. The molecule has 4 heterocycles. The van der Waals surface area contributed by atoms with Crippen LogP contribution in [0.25, 0.3) is 4.96 Å². The molecular formula is C17H18N4O3S. The third-order valence-electron chi connectivity index (χ3n) is 4.46. The van der Waals surface area contributed by atoms with E-state index in [2.05, 4.69) is 9.88 Å². The molecule has 1 aliphatic rings. The summed E-state index contributed by atoms with van der Waals surface area (Å²) in [6.07, 6.45) is 3.28. The third-order valence-corrected chi connectivity index (χ3v) is 5.21. The molecular weight excluding hydrogens is 340 g/mol. The Morgan fingerprint density at radius 2 is 2.12 bits per heavy atom. The Kier molecular flexibility index (Phi) is 4.14. The molecule has 8 heteroatoms. The van der Waals surface area contributed by atoms with Gasteiger partial charge >= 0.3 is 0 Å². The van der Waals surface area contributed by atoms with Crippen molar-refractivity contribution in [2.75, 3.05) is 26.2 Å². The predicted octanol–water partition coefficient (Wildman–Crippen LogP) is 1.62. The number of thiazole rings is 1. The minimum atomic E-state index is -0.0569. The molecule has 1 fully saturated rings. The first-order valence-corrected chi connectivity index (χ1v) is 9.01. The highest BCUT2D eigenvalue weighted by Crippen LogP contribution is 2.15. The minimum Gasteiger partial charge on any atom is -0.459 e. The molecule has 1 amide bonds. The lowest BCUT2D eigenvalue weighted by molar-refractivity contribution is 0.0595. The molecule has 0 spiro atoms. The summed E-state index contributed by atoms with van der Waals surface area (Å²) in [7, 11) is 0. The summed E-state index contributed by atoms with van der Waals surface area (Å²) in [5.74, 6) is 0.366. The van der Waals surface area contributed by atoms with E-state index in [0.717, 1.165) is 24.3 Å². The van der Waals surface area contributed by atoms with Crippen LogP contribution in [0.1, 0.15) is 21.8 Å². The van der Waals surface area contributed by atoms with Crippen LogP contribution >= 0.6 is 11.3 Å². The number of hydrogen-bond donors (Lipinski definition) is 0. The van der Waals surface area contributed by atoms with Gasteiger partial charge in [-0.3, -0.25) is 18.9 Å². The maximum atomic E-state index is 12.5. The minimum absolute atomic E-state index is 0.0524. The zero-order chi connectivity index (χ0) is 17.4. The molecule has 25 heavy (non-hydrogen) atoms. The van der Waals surface area contributed by atoms with Crippen LogP contribution in [0.5, 0.6) is 0 Å². The highest BCUT2D eigenvalue weighted by Gasteiger charge is 2.25. The number of hydrogen-bond acceptors (Lipinski definition) is 6. The fourth-order valence-electron chi connectivity index (χ4n) is 3.04. The molecule has 0 bridgehead atoms. The van der Waals surface area contributed by atoms with Crippen molar-refractivity contribution in [2.24, 2.45) is 0 Å². The van der Waals surface area contributed by atoms with Crippen LogP contribution < -0.4 is 5.56 Å². The second-order valence-corrected chi connectivity index (χ2v) is 7.02. The Hall–Kier alpha value is -2.45. The molecule has 3 aromatic rings. The highest BCUT2D eigenvalue weighted by molar-refractivity contribution is 7.15. The lowest BCUT2D eigenvalue weighted by Crippen LogP contribution is -2.48. The topological polar surface area (TPSA) is 71.1 Å². The maximum absolute atomic E-state index is 12.5. The number of carbonyl (C=O) groups is 1. The van der Waals surface area contributed by atoms with Crippen molar-refractivity contribution in [3.05, 3.63) is 57.3 Å². The van der Waals surface area contributed by atoms with E-state index < -0.39 is 0 Å². The SMILES string of the molecule is Cc1ccoc1C(=O)N1CCN(Cc2cc(=O)n3ccsc3n2)CC1. The second-order valence-electron chi connectivity index (χ2n) is 6.14. The van der Waals surface area contributed by atoms with Crippen LogP contribution in [0.2, 0.25) is 0 Å². The molecule has 130 valence electrons. The van der Waals surface area contributed by atoms with E-state index in [0.29, 0.717) is 30.4 Å². The summed E-state index contributed by atoms with van der Waals surface area (Å²) in [4.78, 5) is 33.8. The lowest BCUT2D eigenvalue weighted by Gasteiger charge is -2.34. The summed E-state index contributed by atoms with van der Waals surface area (Å²) in [6, 6.07) is 3.39.